The molecule has 24 heavy (non-hydrogen) atoms. The minimum Gasteiger partial charge on any atom is -0.374 e. The molecule has 0 radical (unpaired) electrons. The predicted molar refractivity (Wildman–Crippen MR) is 101 cm³/mol. The number of hydrogen-bond acceptors (Lipinski definition) is 3. The molecule has 3 heteroatoms. The molecule has 0 aliphatic rings. The number of nitrogens with zero attached hydrogens (tertiary/aromatic N) is 3. The summed E-state index contributed by atoms with van der Waals surface area (Å²) in [5.41, 5.74) is 4.44. The summed E-state index contributed by atoms with van der Waals surface area (Å²) in [4.78, 5) is 6.48. The lowest BCUT2D eigenvalue weighted by molar-refractivity contribution is 0.905. The molecule has 0 spiro atoms. The SMILES string of the molecule is CN(CCC#N)c1ccc(C=Cc2ccnc3ccccc23)cc1. The highest BCUT2D eigenvalue weighted by molar-refractivity contribution is 5.90. The average Bonchev–Trinajstić information content (AvgIpc) is 2.64. The summed E-state index contributed by atoms with van der Waals surface area (Å²) in [6.07, 6.45) is 6.61. The number of hydrogen-bond donors (Lipinski definition) is 0. The Morgan fingerprint density at radius 3 is 2.62 bits per heavy atom. The van der Waals surface area contributed by atoms with E-state index in [-0.39, 0.29) is 0 Å². The first-order valence-corrected chi connectivity index (χ1v) is 7.98. The molecule has 0 amide bonds. The van der Waals surface area contributed by atoms with Crippen LogP contribution in [0.15, 0.2) is 60.8 Å². The van der Waals surface area contributed by atoms with Crippen molar-refractivity contribution in [2.24, 2.45) is 0 Å². The van der Waals surface area contributed by atoms with Gasteiger partial charge in [0.25, 0.3) is 0 Å². The molecule has 2 aromatic carbocycles. The van der Waals surface area contributed by atoms with Crippen LogP contribution in [0.25, 0.3) is 23.1 Å². The van der Waals surface area contributed by atoms with Crippen LogP contribution in [0.2, 0.25) is 0 Å². The second kappa shape index (κ2) is 7.43. The maximum atomic E-state index is 8.67. The van der Waals surface area contributed by atoms with Crippen LogP contribution in [-0.2, 0) is 0 Å². The molecule has 0 saturated heterocycles. The van der Waals surface area contributed by atoms with E-state index in [0.717, 1.165) is 34.3 Å². The van der Waals surface area contributed by atoms with Gasteiger partial charge in [-0.2, -0.15) is 5.26 Å². The van der Waals surface area contributed by atoms with E-state index in [1.807, 2.05) is 37.5 Å². The number of nitriles is 1. The van der Waals surface area contributed by atoms with Crippen LogP contribution in [0.1, 0.15) is 17.5 Å². The van der Waals surface area contributed by atoms with E-state index in [9.17, 15) is 0 Å². The Labute approximate surface area is 142 Å². The molecule has 0 unspecified atom stereocenters. The summed E-state index contributed by atoms with van der Waals surface area (Å²) in [5.74, 6) is 0. The van der Waals surface area contributed by atoms with Gasteiger partial charge in [0, 0.05) is 30.9 Å². The Balaban J connectivity index is 1.78. The first kappa shape index (κ1) is 15.8. The maximum Gasteiger partial charge on any atom is 0.0707 e. The second-order valence-corrected chi connectivity index (χ2v) is 5.67. The van der Waals surface area contributed by atoms with Gasteiger partial charge >= 0.3 is 0 Å². The zero-order valence-corrected chi connectivity index (χ0v) is 13.7. The van der Waals surface area contributed by atoms with Crippen LogP contribution >= 0.6 is 0 Å². The van der Waals surface area contributed by atoms with Crippen LogP contribution in [0, 0.1) is 11.3 Å². The number of rotatable bonds is 5. The number of benzene rings is 2. The van der Waals surface area contributed by atoms with Crippen LogP contribution in [0.3, 0.4) is 0 Å². The maximum absolute atomic E-state index is 8.67. The van der Waals surface area contributed by atoms with Crippen molar-refractivity contribution in [3.8, 4) is 6.07 Å². The van der Waals surface area contributed by atoms with Gasteiger partial charge in [-0.25, -0.2) is 0 Å². The van der Waals surface area contributed by atoms with E-state index in [1.54, 1.807) is 0 Å². The van der Waals surface area contributed by atoms with E-state index < -0.39 is 0 Å². The third-order valence-electron chi connectivity index (χ3n) is 4.03. The van der Waals surface area contributed by atoms with Crippen LogP contribution < -0.4 is 4.90 Å². The summed E-state index contributed by atoms with van der Waals surface area (Å²) < 4.78 is 0. The number of pyridine rings is 1. The fourth-order valence-corrected chi connectivity index (χ4v) is 2.64. The molecule has 0 bridgehead atoms. The molecule has 3 rings (SSSR count). The molecule has 0 aliphatic carbocycles. The first-order chi connectivity index (χ1) is 11.8. The molecule has 0 N–H and O–H groups in total. The third kappa shape index (κ3) is 3.61. The number of aromatic nitrogens is 1. The van der Waals surface area contributed by atoms with Crippen molar-refractivity contribution in [3.05, 3.63) is 71.9 Å². The number of para-hydroxylation sites is 1. The van der Waals surface area contributed by atoms with Crippen LogP contribution in [-0.4, -0.2) is 18.6 Å². The zero-order valence-electron chi connectivity index (χ0n) is 13.7. The molecular weight excluding hydrogens is 294 g/mol. The summed E-state index contributed by atoms with van der Waals surface area (Å²) in [6.45, 7) is 0.745. The summed E-state index contributed by atoms with van der Waals surface area (Å²) >= 11 is 0. The Morgan fingerprint density at radius 1 is 1.04 bits per heavy atom. The van der Waals surface area contributed by atoms with Crippen molar-refractivity contribution >= 4 is 28.7 Å². The lowest BCUT2D eigenvalue weighted by atomic mass is 10.1. The molecule has 0 saturated carbocycles. The molecule has 3 aromatic rings. The van der Waals surface area contributed by atoms with Crippen molar-refractivity contribution in [1.82, 2.24) is 4.98 Å². The Kier molecular flexibility index (Phi) is 4.88. The minimum absolute atomic E-state index is 0.535. The topological polar surface area (TPSA) is 39.9 Å². The van der Waals surface area contributed by atoms with Crippen molar-refractivity contribution in [3.63, 3.8) is 0 Å². The Morgan fingerprint density at radius 2 is 1.83 bits per heavy atom. The van der Waals surface area contributed by atoms with E-state index in [0.29, 0.717) is 6.42 Å². The highest BCUT2D eigenvalue weighted by atomic mass is 15.1. The largest absolute Gasteiger partial charge is 0.374 e. The molecule has 118 valence electrons. The van der Waals surface area contributed by atoms with E-state index in [1.165, 1.54) is 0 Å². The molecule has 0 aliphatic heterocycles. The van der Waals surface area contributed by atoms with Crippen molar-refractivity contribution in [2.75, 3.05) is 18.5 Å². The van der Waals surface area contributed by atoms with Gasteiger partial charge in [0.1, 0.15) is 0 Å². The summed E-state index contributed by atoms with van der Waals surface area (Å²) in [5, 5.41) is 9.83. The molecule has 1 aromatic heterocycles. The molecule has 3 nitrogen and oxygen atoms in total. The normalized spacial score (nSPS) is 10.8. The highest BCUT2D eigenvalue weighted by Crippen LogP contribution is 2.20. The minimum atomic E-state index is 0.535. The van der Waals surface area contributed by atoms with Gasteiger partial charge in [-0.05, 0) is 35.4 Å². The monoisotopic (exact) mass is 313 g/mol. The van der Waals surface area contributed by atoms with Gasteiger partial charge in [0.15, 0.2) is 0 Å². The molecule has 0 atom stereocenters. The van der Waals surface area contributed by atoms with Crippen LogP contribution in [0.4, 0.5) is 5.69 Å². The van der Waals surface area contributed by atoms with Gasteiger partial charge in [-0.3, -0.25) is 4.98 Å². The second-order valence-electron chi connectivity index (χ2n) is 5.67. The lowest BCUT2D eigenvalue weighted by Crippen LogP contribution is -2.17. The van der Waals surface area contributed by atoms with Crippen molar-refractivity contribution in [2.45, 2.75) is 6.42 Å². The number of anilines is 1. The Hall–Kier alpha value is -3.12. The van der Waals surface area contributed by atoms with E-state index in [2.05, 4.69) is 58.4 Å². The zero-order chi connectivity index (χ0) is 16.8. The smallest absolute Gasteiger partial charge is 0.0707 e. The lowest BCUT2D eigenvalue weighted by Gasteiger charge is -2.17. The fraction of sp³-hybridized carbons (Fsp3) is 0.143. The van der Waals surface area contributed by atoms with Crippen molar-refractivity contribution < 1.29 is 0 Å². The van der Waals surface area contributed by atoms with Gasteiger partial charge in [0.2, 0.25) is 0 Å². The predicted octanol–water partition coefficient (Wildman–Crippen LogP) is 4.76. The van der Waals surface area contributed by atoms with Crippen molar-refractivity contribution in [1.29, 1.82) is 5.26 Å². The quantitative estimate of drug-likeness (QED) is 0.682. The first-order valence-electron chi connectivity index (χ1n) is 7.98. The highest BCUT2D eigenvalue weighted by Gasteiger charge is 2.00. The van der Waals surface area contributed by atoms with Crippen LogP contribution in [0.5, 0.6) is 0 Å². The molecule has 0 fully saturated rings. The van der Waals surface area contributed by atoms with E-state index in [4.69, 9.17) is 5.26 Å². The Bertz CT molecular complexity index is 884. The fourth-order valence-electron chi connectivity index (χ4n) is 2.64. The number of fused-ring (bicyclic) bond motifs is 1. The summed E-state index contributed by atoms with van der Waals surface area (Å²) in [7, 11) is 2.01. The molecule has 1 heterocycles. The third-order valence-corrected chi connectivity index (χ3v) is 4.03. The van der Waals surface area contributed by atoms with Gasteiger partial charge in [-0.15, -0.1) is 0 Å². The van der Waals surface area contributed by atoms with Gasteiger partial charge in [-0.1, -0.05) is 42.5 Å². The molecular formula is C21H19N3. The average molecular weight is 313 g/mol. The van der Waals surface area contributed by atoms with E-state index >= 15 is 0 Å². The van der Waals surface area contributed by atoms with Gasteiger partial charge < -0.3 is 4.90 Å². The van der Waals surface area contributed by atoms with Gasteiger partial charge in [0.05, 0.1) is 18.0 Å². The summed E-state index contributed by atoms with van der Waals surface area (Å²) in [6, 6.07) is 20.7. The standard InChI is InChI=1S/C21H19N3/c1-24(16-4-14-22)19-11-8-17(9-12-19)7-10-18-13-15-23-21-6-3-2-5-20(18)21/h2-3,5-13,15H,4,16H2,1H3.